The lowest BCUT2D eigenvalue weighted by atomic mass is 10.1. The molecule has 0 bridgehead atoms. The number of carbonyl (C=O) groups is 1. The lowest BCUT2D eigenvalue weighted by molar-refractivity contribution is 0.0949. The number of nitrogens with one attached hydrogen (secondary N) is 1. The Kier molecular flexibility index (Phi) is 5.17. The maximum Gasteiger partial charge on any atom is 0.251 e. The van der Waals surface area contributed by atoms with E-state index in [1.165, 1.54) is 0 Å². The Labute approximate surface area is 144 Å². The summed E-state index contributed by atoms with van der Waals surface area (Å²) in [5.74, 6) is 0.661. The molecule has 0 aliphatic rings. The van der Waals surface area contributed by atoms with Crippen LogP contribution in [0.25, 0.3) is 0 Å². The van der Waals surface area contributed by atoms with E-state index in [2.05, 4.69) is 5.32 Å². The second kappa shape index (κ2) is 6.95. The summed E-state index contributed by atoms with van der Waals surface area (Å²) in [5, 5.41) is 2.95. The summed E-state index contributed by atoms with van der Waals surface area (Å²) in [7, 11) is 0. The molecule has 0 atom stereocenters. The quantitative estimate of drug-likeness (QED) is 0.835. The number of hydrogen-bond donors (Lipinski definition) is 2. The van der Waals surface area contributed by atoms with Crippen LogP contribution in [0.3, 0.4) is 0 Å². The molecule has 128 valence electrons. The van der Waals surface area contributed by atoms with Crippen LogP contribution in [-0.2, 0) is 6.54 Å². The molecule has 0 saturated heterocycles. The molecule has 2 rings (SSSR count). The fourth-order valence-electron chi connectivity index (χ4n) is 2.39. The highest BCUT2D eigenvalue weighted by atomic mass is 16.5. The molecule has 0 radical (unpaired) electrons. The van der Waals surface area contributed by atoms with Crippen LogP contribution in [0.1, 0.15) is 47.8 Å². The number of ether oxygens (including phenoxy) is 1. The van der Waals surface area contributed by atoms with Gasteiger partial charge in [-0.1, -0.05) is 18.2 Å². The van der Waals surface area contributed by atoms with Crippen molar-refractivity contribution < 1.29 is 9.53 Å². The lowest BCUT2D eigenvalue weighted by Gasteiger charge is -2.24. The molecular weight excluding hydrogens is 300 g/mol. The van der Waals surface area contributed by atoms with E-state index >= 15 is 0 Å². The molecule has 1 amide bonds. The first-order chi connectivity index (χ1) is 11.2. The van der Waals surface area contributed by atoms with Gasteiger partial charge in [-0.3, -0.25) is 4.79 Å². The number of carbonyl (C=O) groups excluding carboxylic acids is 1. The van der Waals surface area contributed by atoms with Gasteiger partial charge in [0, 0.05) is 23.4 Å². The standard InChI is InChI=1S/C20H26N2O2/c1-13-6-8-15(18(10-13)24-20(3,4)5)12-22-19(23)17-11-16(21)9-7-14(17)2/h6-11H,12,21H2,1-5H3,(H,22,23). The third-order valence-corrected chi connectivity index (χ3v) is 3.58. The number of hydrogen-bond acceptors (Lipinski definition) is 3. The molecule has 0 unspecified atom stereocenters. The third-order valence-electron chi connectivity index (χ3n) is 3.58. The summed E-state index contributed by atoms with van der Waals surface area (Å²) < 4.78 is 6.02. The minimum Gasteiger partial charge on any atom is -0.488 e. The number of nitrogen functional groups attached to an aromatic ring is 1. The summed E-state index contributed by atoms with van der Waals surface area (Å²) in [6.45, 7) is 10.3. The van der Waals surface area contributed by atoms with E-state index in [-0.39, 0.29) is 11.5 Å². The molecule has 2 aromatic carbocycles. The molecule has 0 aliphatic heterocycles. The van der Waals surface area contributed by atoms with E-state index in [4.69, 9.17) is 10.5 Å². The van der Waals surface area contributed by atoms with E-state index in [1.807, 2.05) is 58.9 Å². The molecule has 3 N–H and O–H groups in total. The lowest BCUT2D eigenvalue weighted by Crippen LogP contribution is -2.26. The molecule has 24 heavy (non-hydrogen) atoms. The van der Waals surface area contributed by atoms with Crippen LogP contribution < -0.4 is 15.8 Å². The Morgan fingerprint density at radius 2 is 1.83 bits per heavy atom. The zero-order valence-electron chi connectivity index (χ0n) is 15.1. The average molecular weight is 326 g/mol. The Hall–Kier alpha value is -2.49. The molecule has 4 nitrogen and oxygen atoms in total. The molecular formula is C20H26N2O2. The first-order valence-electron chi connectivity index (χ1n) is 8.08. The van der Waals surface area contributed by atoms with Crippen LogP contribution in [0, 0.1) is 13.8 Å². The smallest absolute Gasteiger partial charge is 0.251 e. The fraction of sp³-hybridized carbons (Fsp3) is 0.350. The Bertz CT molecular complexity index is 746. The summed E-state index contributed by atoms with van der Waals surface area (Å²) >= 11 is 0. The highest BCUT2D eigenvalue weighted by Gasteiger charge is 2.16. The number of amides is 1. The van der Waals surface area contributed by atoms with E-state index in [0.29, 0.717) is 17.8 Å². The fourth-order valence-corrected chi connectivity index (χ4v) is 2.39. The largest absolute Gasteiger partial charge is 0.488 e. The average Bonchev–Trinajstić information content (AvgIpc) is 2.47. The van der Waals surface area contributed by atoms with Gasteiger partial charge in [-0.2, -0.15) is 0 Å². The van der Waals surface area contributed by atoms with Crippen molar-refractivity contribution in [2.75, 3.05) is 5.73 Å². The van der Waals surface area contributed by atoms with Crippen LogP contribution in [0.4, 0.5) is 5.69 Å². The Morgan fingerprint density at radius 3 is 2.50 bits per heavy atom. The van der Waals surface area contributed by atoms with Gasteiger partial charge in [-0.05, 0) is 63.9 Å². The highest BCUT2D eigenvalue weighted by molar-refractivity contribution is 5.96. The SMILES string of the molecule is Cc1ccc(CNC(=O)c2cc(N)ccc2C)c(OC(C)(C)C)c1. The van der Waals surface area contributed by atoms with Gasteiger partial charge in [0.15, 0.2) is 0 Å². The zero-order valence-corrected chi connectivity index (χ0v) is 15.1. The van der Waals surface area contributed by atoms with Crippen molar-refractivity contribution in [1.29, 1.82) is 0 Å². The Balaban J connectivity index is 2.17. The minimum atomic E-state index is -0.295. The van der Waals surface area contributed by atoms with Crippen molar-refractivity contribution in [3.8, 4) is 5.75 Å². The van der Waals surface area contributed by atoms with Crippen molar-refractivity contribution in [3.63, 3.8) is 0 Å². The van der Waals surface area contributed by atoms with Gasteiger partial charge >= 0.3 is 0 Å². The van der Waals surface area contributed by atoms with Crippen molar-refractivity contribution in [1.82, 2.24) is 5.32 Å². The van der Waals surface area contributed by atoms with Gasteiger partial charge in [0.25, 0.3) is 5.91 Å². The van der Waals surface area contributed by atoms with Gasteiger partial charge in [0.05, 0.1) is 0 Å². The highest BCUT2D eigenvalue weighted by Crippen LogP contribution is 2.25. The summed E-state index contributed by atoms with van der Waals surface area (Å²) in [4.78, 5) is 12.4. The molecule has 0 spiro atoms. The molecule has 2 aromatic rings. The van der Waals surface area contributed by atoms with E-state index < -0.39 is 0 Å². The molecule has 0 aromatic heterocycles. The van der Waals surface area contributed by atoms with Crippen molar-refractivity contribution in [2.24, 2.45) is 0 Å². The van der Waals surface area contributed by atoms with Gasteiger partial charge < -0.3 is 15.8 Å². The van der Waals surface area contributed by atoms with Crippen LogP contribution >= 0.6 is 0 Å². The second-order valence-electron chi connectivity index (χ2n) is 7.08. The predicted molar refractivity (Wildman–Crippen MR) is 98.3 cm³/mol. The Morgan fingerprint density at radius 1 is 1.12 bits per heavy atom. The second-order valence-corrected chi connectivity index (χ2v) is 7.08. The van der Waals surface area contributed by atoms with Crippen molar-refractivity contribution >= 4 is 11.6 Å². The molecule has 4 heteroatoms. The maximum absolute atomic E-state index is 12.4. The third kappa shape index (κ3) is 4.75. The first-order valence-corrected chi connectivity index (χ1v) is 8.08. The minimum absolute atomic E-state index is 0.137. The molecule has 0 aliphatic carbocycles. The van der Waals surface area contributed by atoms with Crippen LogP contribution in [0.5, 0.6) is 5.75 Å². The van der Waals surface area contributed by atoms with Crippen LogP contribution in [0.2, 0.25) is 0 Å². The van der Waals surface area contributed by atoms with Gasteiger partial charge in [-0.25, -0.2) is 0 Å². The summed E-state index contributed by atoms with van der Waals surface area (Å²) in [5.41, 5.74) is 9.64. The van der Waals surface area contributed by atoms with Crippen LogP contribution in [-0.4, -0.2) is 11.5 Å². The van der Waals surface area contributed by atoms with Crippen molar-refractivity contribution in [3.05, 3.63) is 58.7 Å². The van der Waals surface area contributed by atoms with Gasteiger partial charge in [0.1, 0.15) is 11.4 Å². The number of nitrogens with two attached hydrogens (primary N) is 1. The van der Waals surface area contributed by atoms with E-state index in [9.17, 15) is 4.79 Å². The topological polar surface area (TPSA) is 64.4 Å². The molecule has 0 saturated carbocycles. The zero-order chi connectivity index (χ0) is 17.9. The number of aryl methyl sites for hydroxylation is 2. The maximum atomic E-state index is 12.4. The van der Waals surface area contributed by atoms with Gasteiger partial charge in [0.2, 0.25) is 0 Å². The molecule has 0 heterocycles. The predicted octanol–water partition coefficient (Wildman–Crippen LogP) is 3.99. The van der Waals surface area contributed by atoms with Crippen molar-refractivity contribution in [2.45, 2.75) is 46.8 Å². The molecule has 0 fully saturated rings. The summed E-state index contributed by atoms with van der Waals surface area (Å²) in [6, 6.07) is 11.3. The normalized spacial score (nSPS) is 11.2. The number of rotatable bonds is 4. The first kappa shape index (κ1) is 17.9. The monoisotopic (exact) mass is 326 g/mol. The van der Waals surface area contributed by atoms with Crippen LogP contribution in [0.15, 0.2) is 36.4 Å². The van der Waals surface area contributed by atoms with E-state index in [1.54, 1.807) is 12.1 Å². The summed E-state index contributed by atoms with van der Waals surface area (Å²) in [6.07, 6.45) is 0. The van der Waals surface area contributed by atoms with Gasteiger partial charge in [-0.15, -0.1) is 0 Å². The number of benzene rings is 2. The van der Waals surface area contributed by atoms with E-state index in [0.717, 1.165) is 22.4 Å². The number of anilines is 1.